The molecule has 2 rings (SSSR count). The van der Waals surface area contributed by atoms with Crippen molar-refractivity contribution in [2.75, 3.05) is 40.3 Å². The maximum Gasteiger partial charge on any atom is 0.193 e. The highest BCUT2D eigenvalue weighted by atomic mass is 127. The molecule has 1 aliphatic rings. The van der Waals surface area contributed by atoms with Gasteiger partial charge in [0.25, 0.3) is 0 Å². The number of halogens is 1. The Bertz CT molecular complexity index is 455. The summed E-state index contributed by atoms with van der Waals surface area (Å²) >= 11 is 0. The molecule has 1 aromatic carbocycles. The third-order valence-corrected chi connectivity index (χ3v) is 4.42. The molecule has 0 unspecified atom stereocenters. The highest BCUT2D eigenvalue weighted by molar-refractivity contribution is 14.0. The van der Waals surface area contributed by atoms with Crippen LogP contribution in [-0.4, -0.2) is 56.0 Å². The molecule has 0 aliphatic carbocycles. The molecule has 5 heteroatoms. The molecule has 130 valence electrons. The number of aliphatic imine (C=N–C) groups is 1. The Hall–Kier alpha value is -0.820. The number of piperidine rings is 1. The molecule has 4 nitrogen and oxygen atoms in total. The number of benzene rings is 1. The lowest BCUT2D eigenvalue weighted by Crippen LogP contribution is -2.43. The van der Waals surface area contributed by atoms with E-state index in [0.29, 0.717) is 0 Å². The van der Waals surface area contributed by atoms with E-state index in [1.807, 2.05) is 7.05 Å². The first kappa shape index (κ1) is 20.2. The van der Waals surface area contributed by atoms with E-state index in [1.165, 1.54) is 31.5 Å². The van der Waals surface area contributed by atoms with Gasteiger partial charge in [-0.3, -0.25) is 4.99 Å². The predicted molar refractivity (Wildman–Crippen MR) is 110 cm³/mol. The number of hydrogen-bond acceptors (Lipinski definition) is 2. The molecule has 0 bridgehead atoms. The highest BCUT2D eigenvalue weighted by Gasteiger charge is 2.15. The Morgan fingerprint density at radius 3 is 2.52 bits per heavy atom. The molecule has 1 fully saturated rings. The Kier molecular flexibility index (Phi) is 9.55. The van der Waals surface area contributed by atoms with Crippen LogP contribution in [0.4, 0.5) is 0 Å². The molecule has 0 amide bonds. The maximum atomic E-state index is 4.39. The van der Waals surface area contributed by atoms with Crippen molar-refractivity contribution in [3.05, 3.63) is 35.9 Å². The second-order valence-corrected chi connectivity index (χ2v) is 6.34. The number of guanidine groups is 1. The van der Waals surface area contributed by atoms with Gasteiger partial charge in [0.05, 0.1) is 0 Å². The fraction of sp³-hybridized carbons (Fsp3) is 0.611. The van der Waals surface area contributed by atoms with E-state index in [2.05, 4.69) is 64.4 Å². The molecular formula is C18H31IN4. The number of likely N-dealkylation sites (tertiary alicyclic amines) is 1. The van der Waals surface area contributed by atoms with Crippen LogP contribution in [0, 0.1) is 5.92 Å². The summed E-state index contributed by atoms with van der Waals surface area (Å²) in [6, 6.07) is 10.5. The lowest BCUT2D eigenvalue weighted by Gasteiger charge is -2.30. The van der Waals surface area contributed by atoms with Crippen molar-refractivity contribution in [2.24, 2.45) is 10.9 Å². The maximum absolute atomic E-state index is 4.39. The molecule has 1 aromatic rings. The fourth-order valence-corrected chi connectivity index (χ4v) is 2.93. The lowest BCUT2D eigenvalue weighted by atomic mass is 9.99. The van der Waals surface area contributed by atoms with Crippen molar-refractivity contribution in [1.82, 2.24) is 15.1 Å². The zero-order valence-corrected chi connectivity index (χ0v) is 17.0. The summed E-state index contributed by atoms with van der Waals surface area (Å²) in [5.74, 6) is 1.86. The van der Waals surface area contributed by atoms with Crippen molar-refractivity contribution < 1.29 is 0 Å². The zero-order chi connectivity index (χ0) is 15.8. The smallest absolute Gasteiger partial charge is 0.193 e. The van der Waals surface area contributed by atoms with Crippen LogP contribution in [-0.2, 0) is 6.54 Å². The van der Waals surface area contributed by atoms with Gasteiger partial charge >= 0.3 is 0 Å². The Morgan fingerprint density at radius 1 is 1.26 bits per heavy atom. The van der Waals surface area contributed by atoms with E-state index in [1.54, 1.807) is 0 Å². The van der Waals surface area contributed by atoms with E-state index in [9.17, 15) is 0 Å². The van der Waals surface area contributed by atoms with Gasteiger partial charge in [0.15, 0.2) is 5.96 Å². The van der Waals surface area contributed by atoms with Gasteiger partial charge in [-0.25, -0.2) is 0 Å². The summed E-state index contributed by atoms with van der Waals surface area (Å²) in [4.78, 5) is 9.12. The Balaban J connectivity index is 0.00000264. The van der Waals surface area contributed by atoms with Crippen LogP contribution in [0.5, 0.6) is 0 Å². The molecule has 0 saturated carbocycles. The molecule has 0 aromatic heterocycles. The van der Waals surface area contributed by atoms with Crippen molar-refractivity contribution in [3.63, 3.8) is 0 Å². The zero-order valence-electron chi connectivity index (χ0n) is 14.7. The van der Waals surface area contributed by atoms with Crippen LogP contribution in [0.1, 0.15) is 25.3 Å². The largest absolute Gasteiger partial charge is 0.355 e. The molecule has 0 radical (unpaired) electrons. The predicted octanol–water partition coefficient (Wildman–Crippen LogP) is 3.04. The van der Waals surface area contributed by atoms with E-state index in [-0.39, 0.29) is 24.0 Å². The molecule has 1 aliphatic heterocycles. The van der Waals surface area contributed by atoms with Crippen LogP contribution in [0.15, 0.2) is 35.3 Å². The summed E-state index contributed by atoms with van der Waals surface area (Å²) < 4.78 is 0. The second kappa shape index (κ2) is 10.9. The minimum Gasteiger partial charge on any atom is -0.355 e. The molecule has 0 spiro atoms. The number of hydrogen-bond donors (Lipinski definition) is 1. The molecule has 1 N–H and O–H groups in total. The van der Waals surface area contributed by atoms with Gasteiger partial charge in [-0.1, -0.05) is 37.3 Å². The van der Waals surface area contributed by atoms with Crippen molar-refractivity contribution >= 4 is 29.9 Å². The van der Waals surface area contributed by atoms with E-state index >= 15 is 0 Å². The summed E-state index contributed by atoms with van der Waals surface area (Å²) in [5.41, 5.74) is 1.30. The van der Waals surface area contributed by atoms with Gasteiger partial charge < -0.3 is 15.1 Å². The number of nitrogens with zero attached hydrogens (tertiary/aromatic N) is 3. The van der Waals surface area contributed by atoms with Gasteiger partial charge in [-0.2, -0.15) is 0 Å². The quantitative estimate of drug-likeness (QED) is 0.443. The van der Waals surface area contributed by atoms with Crippen LogP contribution in [0.3, 0.4) is 0 Å². The number of rotatable bonds is 5. The first-order chi connectivity index (χ1) is 10.7. The molecule has 1 saturated heterocycles. The highest BCUT2D eigenvalue weighted by Crippen LogP contribution is 2.15. The van der Waals surface area contributed by atoms with Crippen LogP contribution >= 0.6 is 24.0 Å². The average molecular weight is 430 g/mol. The van der Waals surface area contributed by atoms with Gasteiger partial charge in [0.2, 0.25) is 0 Å². The minimum absolute atomic E-state index is 0. The van der Waals surface area contributed by atoms with E-state index in [4.69, 9.17) is 0 Å². The van der Waals surface area contributed by atoms with Gasteiger partial charge in [-0.05, 0) is 37.4 Å². The fourth-order valence-electron chi connectivity index (χ4n) is 2.93. The molecule has 23 heavy (non-hydrogen) atoms. The van der Waals surface area contributed by atoms with Crippen molar-refractivity contribution in [1.29, 1.82) is 0 Å². The molecule has 0 atom stereocenters. The van der Waals surface area contributed by atoms with Crippen molar-refractivity contribution in [2.45, 2.75) is 26.3 Å². The van der Waals surface area contributed by atoms with Crippen LogP contribution in [0.2, 0.25) is 0 Å². The molecule has 1 heterocycles. The topological polar surface area (TPSA) is 30.9 Å². The SMILES string of the molecule is CN=C(NCCN1CCC(C)CC1)N(C)Cc1ccccc1.I. The molecular weight excluding hydrogens is 399 g/mol. The Labute approximate surface area is 158 Å². The van der Waals surface area contributed by atoms with Crippen LogP contribution in [0.25, 0.3) is 0 Å². The van der Waals surface area contributed by atoms with Gasteiger partial charge in [-0.15, -0.1) is 24.0 Å². The average Bonchev–Trinajstić information content (AvgIpc) is 2.54. The normalized spacial score (nSPS) is 16.7. The van der Waals surface area contributed by atoms with Crippen molar-refractivity contribution in [3.8, 4) is 0 Å². The summed E-state index contributed by atoms with van der Waals surface area (Å²) in [6.45, 7) is 7.77. The summed E-state index contributed by atoms with van der Waals surface area (Å²) in [6.07, 6.45) is 2.67. The Morgan fingerprint density at radius 2 is 1.91 bits per heavy atom. The summed E-state index contributed by atoms with van der Waals surface area (Å²) in [5, 5.41) is 3.48. The van der Waals surface area contributed by atoms with Gasteiger partial charge in [0.1, 0.15) is 0 Å². The first-order valence-corrected chi connectivity index (χ1v) is 8.37. The standard InChI is InChI=1S/C18H30N4.HI/c1-16-9-12-22(13-10-16)14-11-20-18(19-2)21(3)15-17-7-5-4-6-8-17;/h4-8,16H,9-15H2,1-3H3,(H,19,20);1H. The van der Waals surface area contributed by atoms with E-state index < -0.39 is 0 Å². The third kappa shape index (κ3) is 7.08. The minimum atomic E-state index is 0. The van der Waals surface area contributed by atoms with Gasteiger partial charge in [0, 0.05) is 33.7 Å². The monoisotopic (exact) mass is 430 g/mol. The lowest BCUT2D eigenvalue weighted by molar-refractivity contribution is 0.195. The first-order valence-electron chi connectivity index (χ1n) is 8.37. The second-order valence-electron chi connectivity index (χ2n) is 6.34. The summed E-state index contributed by atoms with van der Waals surface area (Å²) in [7, 11) is 3.94. The number of nitrogens with one attached hydrogen (secondary N) is 1. The van der Waals surface area contributed by atoms with Crippen LogP contribution < -0.4 is 5.32 Å². The third-order valence-electron chi connectivity index (χ3n) is 4.42. The van der Waals surface area contributed by atoms with E-state index in [0.717, 1.165) is 31.5 Å².